The first-order valence-corrected chi connectivity index (χ1v) is 9.56. The minimum atomic E-state index is 0. The minimum absolute atomic E-state index is 0. The zero-order valence-corrected chi connectivity index (χ0v) is 17.0. The maximum Gasteiger partial charge on any atom is 0.229 e. The van der Waals surface area contributed by atoms with E-state index in [0.29, 0.717) is 28.0 Å². The molecule has 0 unspecified atom stereocenters. The standard InChI is InChI=1S/C18H23N5O2S.ClH/c1-22-8-12-9-23(16(24)7-15-20-21-18(19)26-15)10-14(12)17(22)11-3-5-13(25-2)6-4-11;/h3-6,12,14,17H,7-10H2,1-2H3,(H2,19,21);1H/t12-,14+,17+;/m0./s1. The van der Waals surface area contributed by atoms with Crippen LogP contribution in [-0.2, 0) is 11.2 Å². The third-order valence-corrected chi connectivity index (χ3v) is 6.24. The number of aromatic nitrogens is 2. The molecule has 0 saturated carbocycles. The Labute approximate surface area is 168 Å². The van der Waals surface area contributed by atoms with Gasteiger partial charge < -0.3 is 15.4 Å². The van der Waals surface area contributed by atoms with Gasteiger partial charge in [0, 0.05) is 31.6 Å². The number of nitrogens with zero attached hydrogens (tertiary/aromatic N) is 4. The molecule has 1 aromatic carbocycles. The van der Waals surface area contributed by atoms with Gasteiger partial charge in [-0.1, -0.05) is 23.5 Å². The van der Waals surface area contributed by atoms with Gasteiger partial charge >= 0.3 is 0 Å². The largest absolute Gasteiger partial charge is 0.497 e. The molecule has 2 aliphatic heterocycles. The number of nitrogens with two attached hydrogens (primary N) is 1. The van der Waals surface area contributed by atoms with Crippen molar-refractivity contribution < 1.29 is 9.53 Å². The molecule has 9 heteroatoms. The first-order chi connectivity index (χ1) is 12.5. The number of likely N-dealkylation sites (tertiary alicyclic amines) is 2. The lowest BCUT2D eigenvalue weighted by atomic mass is 9.89. The number of ether oxygens (including phenoxy) is 1. The lowest BCUT2D eigenvalue weighted by molar-refractivity contribution is -0.129. The first kappa shape index (κ1) is 19.9. The van der Waals surface area contributed by atoms with Gasteiger partial charge in [-0.15, -0.1) is 22.6 Å². The average Bonchev–Trinajstić information content (AvgIpc) is 3.29. The molecule has 4 rings (SSSR count). The highest BCUT2D eigenvalue weighted by molar-refractivity contribution is 7.15. The lowest BCUT2D eigenvalue weighted by Gasteiger charge is -2.27. The van der Waals surface area contributed by atoms with E-state index in [1.54, 1.807) is 7.11 Å². The van der Waals surface area contributed by atoms with Gasteiger partial charge in [0.05, 0.1) is 13.5 Å². The van der Waals surface area contributed by atoms with Gasteiger partial charge in [0.1, 0.15) is 10.8 Å². The van der Waals surface area contributed by atoms with E-state index in [9.17, 15) is 4.79 Å². The molecule has 0 aliphatic carbocycles. The summed E-state index contributed by atoms with van der Waals surface area (Å²) in [5.41, 5.74) is 6.89. The van der Waals surface area contributed by atoms with Crippen molar-refractivity contribution in [2.45, 2.75) is 12.5 Å². The van der Waals surface area contributed by atoms with E-state index in [4.69, 9.17) is 10.5 Å². The summed E-state index contributed by atoms with van der Waals surface area (Å²) in [6.07, 6.45) is 0.289. The lowest BCUT2D eigenvalue weighted by Crippen LogP contribution is -2.34. The molecular weight excluding hydrogens is 386 g/mol. The highest BCUT2D eigenvalue weighted by atomic mass is 35.5. The van der Waals surface area contributed by atoms with Crippen molar-refractivity contribution in [1.29, 1.82) is 0 Å². The van der Waals surface area contributed by atoms with Crippen molar-refractivity contribution in [1.82, 2.24) is 20.0 Å². The van der Waals surface area contributed by atoms with Crippen molar-refractivity contribution in [2.75, 3.05) is 39.5 Å². The number of methoxy groups -OCH3 is 1. The van der Waals surface area contributed by atoms with Crippen LogP contribution in [0.3, 0.4) is 0 Å². The van der Waals surface area contributed by atoms with Crippen LogP contribution in [0, 0.1) is 11.8 Å². The predicted octanol–water partition coefficient (Wildman–Crippen LogP) is 1.85. The summed E-state index contributed by atoms with van der Waals surface area (Å²) < 4.78 is 5.27. The number of carbonyl (C=O) groups excluding carboxylic acids is 1. The van der Waals surface area contributed by atoms with E-state index >= 15 is 0 Å². The van der Waals surface area contributed by atoms with E-state index in [0.717, 1.165) is 25.4 Å². The van der Waals surface area contributed by atoms with Crippen LogP contribution >= 0.6 is 23.7 Å². The van der Waals surface area contributed by atoms with Crippen LogP contribution in [0.5, 0.6) is 5.75 Å². The number of amides is 1. The molecule has 2 aliphatic rings. The van der Waals surface area contributed by atoms with Crippen LogP contribution in [-0.4, -0.2) is 59.7 Å². The van der Waals surface area contributed by atoms with E-state index < -0.39 is 0 Å². The average molecular weight is 410 g/mol. The number of anilines is 1. The Morgan fingerprint density at radius 3 is 2.63 bits per heavy atom. The van der Waals surface area contributed by atoms with Crippen LogP contribution in [0.4, 0.5) is 5.13 Å². The molecule has 2 saturated heterocycles. The molecule has 1 amide bonds. The highest BCUT2D eigenvalue weighted by Crippen LogP contribution is 2.44. The maximum atomic E-state index is 12.7. The van der Waals surface area contributed by atoms with Crippen molar-refractivity contribution in [3.05, 3.63) is 34.8 Å². The van der Waals surface area contributed by atoms with E-state index in [1.165, 1.54) is 16.9 Å². The zero-order valence-electron chi connectivity index (χ0n) is 15.4. The monoisotopic (exact) mass is 409 g/mol. The molecule has 1 aromatic heterocycles. The number of halogens is 1. The van der Waals surface area contributed by atoms with Crippen molar-refractivity contribution >= 4 is 34.8 Å². The molecule has 27 heavy (non-hydrogen) atoms. The van der Waals surface area contributed by atoms with Crippen molar-refractivity contribution in [2.24, 2.45) is 11.8 Å². The highest BCUT2D eigenvalue weighted by Gasteiger charge is 2.47. The van der Waals surface area contributed by atoms with Crippen molar-refractivity contribution in [3.8, 4) is 5.75 Å². The number of rotatable bonds is 4. The third-order valence-electron chi connectivity index (χ3n) is 5.49. The molecule has 2 aromatic rings. The Hall–Kier alpha value is -1.90. The third kappa shape index (κ3) is 3.88. The summed E-state index contributed by atoms with van der Waals surface area (Å²) in [5, 5.41) is 8.85. The summed E-state index contributed by atoms with van der Waals surface area (Å²) in [7, 11) is 3.85. The molecule has 3 heterocycles. The number of hydrogen-bond acceptors (Lipinski definition) is 7. The molecule has 2 fully saturated rings. The van der Waals surface area contributed by atoms with Gasteiger partial charge in [-0.3, -0.25) is 9.69 Å². The van der Waals surface area contributed by atoms with Gasteiger partial charge in [0.15, 0.2) is 0 Å². The topological polar surface area (TPSA) is 84.6 Å². The smallest absolute Gasteiger partial charge is 0.229 e. The molecule has 0 radical (unpaired) electrons. The van der Waals surface area contributed by atoms with Crippen LogP contribution < -0.4 is 10.5 Å². The van der Waals surface area contributed by atoms with Crippen LogP contribution in [0.15, 0.2) is 24.3 Å². The molecule has 0 spiro atoms. The van der Waals surface area contributed by atoms with Gasteiger partial charge in [0.25, 0.3) is 0 Å². The Morgan fingerprint density at radius 1 is 1.26 bits per heavy atom. The SMILES string of the molecule is COc1ccc([C@@H]2[C@@H]3CN(C(=O)Cc4nnc(N)s4)C[C@@H]3CN2C)cc1.Cl. The second-order valence-corrected chi connectivity index (χ2v) is 8.18. The zero-order chi connectivity index (χ0) is 18.3. The van der Waals surface area contributed by atoms with E-state index in [-0.39, 0.29) is 24.7 Å². The first-order valence-electron chi connectivity index (χ1n) is 8.75. The number of hydrogen-bond donors (Lipinski definition) is 1. The fraction of sp³-hybridized carbons (Fsp3) is 0.500. The maximum absolute atomic E-state index is 12.7. The van der Waals surface area contributed by atoms with Crippen molar-refractivity contribution in [3.63, 3.8) is 0 Å². The number of benzene rings is 1. The van der Waals surface area contributed by atoms with E-state index in [2.05, 4.69) is 34.3 Å². The Balaban J connectivity index is 0.00000210. The van der Waals surface area contributed by atoms with E-state index in [1.807, 2.05) is 17.0 Å². The molecule has 0 bridgehead atoms. The van der Waals surface area contributed by atoms with Crippen LogP contribution in [0.2, 0.25) is 0 Å². The summed E-state index contributed by atoms with van der Waals surface area (Å²) in [5.74, 6) is 1.95. The fourth-order valence-electron chi connectivity index (χ4n) is 4.34. The van der Waals surface area contributed by atoms with Gasteiger partial charge in [-0.2, -0.15) is 0 Å². The molecule has 7 nitrogen and oxygen atoms in total. The predicted molar refractivity (Wildman–Crippen MR) is 107 cm³/mol. The minimum Gasteiger partial charge on any atom is -0.497 e. The summed E-state index contributed by atoms with van der Waals surface area (Å²) in [6, 6.07) is 8.62. The second-order valence-electron chi connectivity index (χ2n) is 7.09. The van der Waals surface area contributed by atoms with Gasteiger partial charge in [-0.05, 0) is 30.7 Å². The summed E-state index contributed by atoms with van der Waals surface area (Å²) in [6.45, 7) is 2.62. The second kappa shape index (κ2) is 8.00. The van der Waals surface area contributed by atoms with Gasteiger partial charge in [-0.25, -0.2) is 0 Å². The summed E-state index contributed by atoms with van der Waals surface area (Å²) >= 11 is 1.29. The fourth-order valence-corrected chi connectivity index (χ4v) is 4.94. The Kier molecular flexibility index (Phi) is 5.88. The molecule has 3 atom stereocenters. The quantitative estimate of drug-likeness (QED) is 0.829. The van der Waals surface area contributed by atoms with Gasteiger partial charge in [0.2, 0.25) is 11.0 Å². The number of nitrogen functional groups attached to an aromatic ring is 1. The molecular formula is C18H24ClN5O2S. The number of fused-ring (bicyclic) bond motifs is 1. The number of carbonyl (C=O) groups is 1. The molecule has 146 valence electrons. The normalized spacial score (nSPS) is 24.5. The Morgan fingerprint density at radius 2 is 2.00 bits per heavy atom. The summed E-state index contributed by atoms with van der Waals surface area (Å²) in [4.78, 5) is 17.0. The van der Waals surface area contributed by atoms with Crippen LogP contribution in [0.1, 0.15) is 16.6 Å². The molecule has 2 N–H and O–H groups in total. The van der Waals surface area contributed by atoms with Crippen LogP contribution in [0.25, 0.3) is 0 Å². The Bertz CT molecular complexity index is 799.